The highest BCUT2D eigenvalue weighted by Gasteiger charge is 2.10. The highest BCUT2D eigenvalue weighted by Crippen LogP contribution is 2.05. The Morgan fingerprint density at radius 3 is 2.67 bits per heavy atom. The van der Waals surface area contributed by atoms with E-state index in [4.69, 9.17) is 4.74 Å². The third-order valence-corrected chi connectivity index (χ3v) is 3.22. The molecule has 0 aromatic heterocycles. The van der Waals surface area contributed by atoms with E-state index in [1.807, 2.05) is 6.26 Å². The van der Waals surface area contributed by atoms with Crippen molar-refractivity contribution in [3.8, 4) is 0 Å². The zero-order chi connectivity index (χ0) is 13.4. The van der Waals surface area contributed by atoms with Gasteiger partial charge in [-0.3, -0.25) is 4.79 Å². The van der Waals surface area contributed by atoms with Crippen LogP contribution in [-0.4, -0.2) is 37.7 Å². The molecule has 1 N–H and O–H groups in total. The number of amides is 1. The van der Waals surface area contributed by atoms with Gasteiger partial charge >= 0.3 is 0 Å². The van der Waals surface area contributed by atoms with E-state index in [1.165, 1.54) is 24.3 Å². The van der Waals surface area contributed by atoms with E-state index in [1.54, 1.807) is 18.9 Å². The summed E-state index contributed by atoms with van der Waals surface area (Å²) in [6.07, 6.45) is 2.94. The molecule has 0 aliphatic carbocycles. The van der Waals surface area contributed by atoms with E-state index >= 15 is 0 Å². The van der Waals surface area contributed by atoms with Crippen LogP contribution in [-0.2, 0) is 4.74 Å². The van der Waals surface area contributed by atoms with Gasteiger partial charge in [0.1, 0.15) is 5.82 Å². The number of hydrogen-bond acceptors (Lipinski definition) is 3. The minimum atomic E-state index is -0.346. The highest BCUT2D eigenvalue weighted by molar-refractivity contribution is 7.98. The Kier molecular flexibility index (Phi) is 6.75. The molecule has 0 heterocycles. The number of thioether (sulfide) groups is 1. The van der Waals surface area contributed by atoms with Gasteiger partial charge in [-0.25, -0.2) is 4.39 Å². The molecule has 1 atom stereocenters. The van der Waals surface area contributed by atoms with Crippen molar-refractivity contribution >= 4 is 17.7 Å². The Morgan fingerprint density at radius 1 is 1.44 bits per heavy atom. The van der Waals surface area contributed by atoms with Crippen molar-refractivity contribution in [2.75, 3.05) is 25.7 Å². The summed E-state index contributed by atoms with van der Waals surface area (Å²) in [5.41, 5.74) is 0.455. The Bertz CT molecular complexity index is 370. The molecule has 100 valence electrons. The van der Waals surface area contributed by atoms with E-state index in [0.29, 0.717) is 12.1 Å². The van der Waals surface area contributed by atoms with E-state index < -0.39 is 0 Å². The first kappa shape index (κ1) is 15.0. The average Bonchev–Trinajstić information content (AvgIpc) is 2.39. The SMILES string of the molecule is COC(CCSC)CNC(=O)c1ccc(F)cc1. The van der Waals surface area contributed by atoms with Crippen molar-refractivity contribution in [2.45, 2.75) is 12.5 Å². The summed E-state index contributed by atoms with van der Waals surface area (Å²) >= 11 is 1.74. The molecule has 0 aliphatic rings. The Morgan fingerprint density at radius 2 is 2.11 bits per heavy atom. The van der Waals surface area contributed by atoms with Crippen molar-refractivity contribution in [1.29, 1.82) is 0 Å². The topological polar surface area (TPSA) is 38.3 Å². The van der Waals surface area contributed by atoms with Gasteiger partial charge in [-0.15, -0.1) is 0 Å². The number of methoxy groups -OCH3 is 1. The zero-order valence-corrected chi connectivity index (χ0v) is 11.4. The van der Waals surface area contributed by atoms with Crippen LogP contribution in [0, 0.1) is 5.82 Å². The average molecular weight is 271 g/mol. The minimum Gasteiger partial charge on any atom is -0.380 e. The molecule has 3 nitrogen and oxygen atoms in total. The number of carbonyl (C=O) groups is 1. The van der Waals surface area contributed by atoms with Crippen LogP contribution in [0.15, 0.2) is 24.3 Å². The second kappa shape index (κ2) is 8.11. The van der Waals surface area contributed by atoms with Gasteiger partial charge in [0, 0.05) is 19.2 Å². The molecule has 1 unspecified atom stereocenters. The quantitative estimate of drug-likeness (QED) is 0.827. The van der Waals surface area contributed by atoms with E-state index in [2.05, 4.69) is 5.32 Å². The van der Waals surface area contributed by atoms with E-state index in [0.717, 1.165) is 12.2 Å². The summed E-state index contributed by atoms with van der Waals surface area (Å²) in [6, 6.07) is 5.48. The second-order valence-electron chi connectivity index (χ2n) is 3.86. The summed E-state index contributed by atoms with van der Waals surface area (Å²) in [5, 5.41) is 2.78. The Labute approximate surface area is 111 Å². The molecule has 0 spiro atoms. The van der Waals surface area contributed by atoms with Gasteiger partial charge in [0.15, 0.2) is 0 Å². The fourth-order valence-electron chi connectivity index (χ4n) is 1.46. The van der Waals surface area contributed by atoms with Gasteiger partial charge in [0.05, 0.1) is 6.10 Å². The van der Waals surface area contributed by atoms with Gasteiger partial charge in [-0.1, -0.05) is 0 Å². The first-order valence-corrected chi connectivity index (χ1v) is 7.12. The molecule has 1 aromatic carbocycles. The third-order valence-electron chi connectivity index (χ3n) is 2.57. The van der Waals surface area contributed by atoms with Crippen LogP contribution in [0.1, 0.15) is 16.8 Å². The van der Waals surface area contributed by atoms with Crippen molar-refractivity contribution in [2.24, 2.45) is 0 Å². The van der Waals surface area contributed by atoms with Gasteiger partial charge < -0.3 is 10.1 Å². The van der Waals surface area contributed by atoms with Crippen molar-refractivity contribution in [1.82, 2.24) is 5.32 Å². The predicted molar refractivity (Wildman–Crippen MR) is 72.5 cm³/mol. The van der Waals surface area contributed by atoms with Crippen LogP contribution in [0.25, 0.3) is 0 Å². The molecule has 5 heteroatoms. The lowest BCUT2D eigenvalue weighted by molar-refractivity contribution is 0.0819. The zero-order valence-electron chi connectivity index (χ0n) is 10.6. The molecule has 0 fully saturated rings. The number of rotatable bonds is 7. The molecule has 1 aromatic rings. The van der Waals surface area contributed by atoms with E-state index in [-0.39, 0.29) is 17.8 Å². The van der Waals surface area contributed by atoms with E-state index in [9.17, 15) is 9.18 Å². The fraction of sp³-hybridized carbons (Fsp3) is 0.462. The van der Waals surface area contributed by atoms with Crippen molar-refractivity contribution < 1.29 is 13.9 Å². The lowest BCUT2D eigenvalue weighted by atomic mass is 10.2. The summed E-state index contributed by atoms with van der Waals surface area (Å²) in [7, 11) is 1.63. The molecule has 0 radical (unpaired) electrons. The molecule has 18 heavy (non-hydrogen) atoms. The summed E-state index contributed by atoms with van der Waals surface area (Å²) < 4.78 is 18.0. The molecular formula is C13H18FNO2S. The van der Waals surface area contributed by atoms with Gasteiger partial charge in [0.2, 0.25) is 0 Å². The van der Waals surface area contributed by atoms with Crippen LogP contribution in [0.5, 0.6) is 0 Å². The Balaban J connectivity index is 2.42. The first-order chi connectivity index (χ1) is 8.67. The van der Waals surface area contributed by atoms with Crippen LogP contribution >= 0.6 is 11.8 Å². The number of ether oxygens (including phenoxy) is 1. The number of nitrogens with one attached hydrogen (secondary N) is 1. The first-order valence-electron chi connectivity index (χ1n) is 5.73. The molecule has 0 aliphatic heterocycles. The monoisotopic (exact) mass is 271 g/mol. The molecular weight excluding hydrogens is 253 g/mol. The summed E-state index contributed by atoms with van der Waals surface area (Å²) in [6.45, 7) is 0.466. The second-order valence-corrected chi connectivity index (χ2v) is 4.84. The molecule has 1 amide bonds. The van der Waals surface area contributed by atoms with Crippen LogP contribution in [0.3, 0.4) is 0 Å². The molecule has 0 saturated carbocycles. The molecule has 0 saturated heterocycles. The molecule has 1 rings (SSSR count). The lowest BCUT2D eigenvalue weighted by Gasteiger charge is -2.15. The predicted octanol–water partition coefficient (Wildman–Crippen LogP) is 2.32. The standard InChI is InChI=1S/C13H18FNO2S/c1-17-12(7-8-18-2)9-15-13(16)10-3-5-11(14)6-4-10/h3-6,12H,7-9H2,1-2H3,(H,15,16). The van der Waals surface area contributed by atoms with Crippen LogP contribution in [0.4, 0.5) is 4.39 Å². The smallest absolute Gasteiger partial charge is 0.251 e. The largest absolute Gasteiger partial charge is 0.380 e. The Hall–Kier alpha value is -1.07. The summed E-state index contributed by atoms with van der Waals surface area (Å²) in [5.74, 6) is 0.438. The third kappa shape index (κ3) is 5.06. The maximum atomic E-state index is 12.7. The van der Waals surface area contributed by atoms with Crippen molar-refractivity contribution in [3.05, 3.63) is 35.6 Å². The number of halogens is 1. The van der Waals surface area contributed by atoms with Crippen molar-refractivity contribution in [3.63, 3.8) is 0 Å². The highest BCUT2D eigenvalue weighted by atomic mass is 32.2. The minimum absolute atomic E-state index is 0.0156. The normalized spacial score (nSPS) is 12.2. The number of benzene rings is 1. The van der Waals surface area contributed by atoms with Gasteiger partial charge in [0.25, 0.3) is 5.91 Å². The fourth-order valence-corrected chi connectivity index (χ4v) is 1.96. The number of carbonyl (C=O) groups excluding carboxylic acids is 1. The summed E-state index contributed by atoms with van der Waals surface area (Å²) in [4.78, 5) is 11.8. The van der Waals surface area contributed by atoms with Crippen LogP contribution in [0.2, 0.25) is 0 Å². The van der Waals surface area contributed by atoms with Crippen LogP contribution < -0.4 is 5.32 Å². The molecule has 0 bridgehead atoms. The van der Waals surface area contributed by atoms with Gasteiger partial charge in [-0.2, -0.15) is 11.8 Å². The number of hydrogen-bond donors (Lipinski definition) is 1. The lowest BCUT2D eigenvalue weighted by Crippen LogP contribution is -2.33. The maximum Gasteiger partial charge on any atom is 0.251 e. The van der Waals surface area contributed by atoms with Gasteiger partial charge in [-0.05, 0) is 42.7 Å². The maximum absolute atomic E-state index is 12.7.